The molecular formula is C17H20N2O3. The molecule has 1 amide bonds. The van der Waals surface area contributed by atoms with Crippen molar-refractivity contribution < 1.29 is 14.1 Å². The van der Waals surface area contributed by atoms with Crippen LogP contribution in [0.15, 0.2) is 34.9 Å². The van der Waals surface area contributed by atoms with E-state index in [-0.39, 0.29) is 17.2 Å². The molecule has 1 heterocycles. The maximum Gasteiger partial charge on any atom is 0.223 e. The highest BCUT2D eigenvalue weighted by atomic mass is 16.5. The van der Waals surface area contributed by atoms with Crippen LogP contribution in [0.4, 0.5) is 0 Å². The van der Waals surface area contributed by atoms with Crippen molar-refractivity contribution in [3.8, 4) is 17.1 Å². The van der Waals surface area contributed by atoms with Crippen LogP contribution in [0.5, 0.6) is 5.75 Å². The lowest BCUT2D eigenvalue weighted by Crippen LogP contribution is -2.26. The van der Waals surface area contributed by atoms with Crippen molar-refractivity contribution >= 4 is 5.91 Å². The van der Waals surface area contributed by atoms with E-state index in [0.717, 1.165) is 23.4 Å². The Balaban J connectivity index is 1.60. The van der Waals surface area contributed by atoms with Gasteiger partial charge in [-0.1, -0.05) is 19.0 Å². The van der Waals surface area contributed by atoms with Gasteiger partial charge in [0.1, 0.15) is 11.4 Å². The van der Waals surface area contributed by atoms with Crippen molar-refractivity contribution in [3.63, 3.8) is 0 Å². The van der Waals surface area contributed by atoms with Gasteiger partial charge in [0.2, 0.25) is 5.91 Å². The van der Waals surface area contributed by atoms with Gasteiger partial charge in [-0.2, -0.15) is 0 Å². The average molecular weight is 300 g/mol. The first-order valence-corrected chi connectivity index (χ1v) is 7.37. The molecule has 5 heteroatoms. The molecule has 0 bridgehead atoms. The molecule has 0 spiro atoms. The van der Waals surface area contributed by atoms with Crippen LogP contribution in [-0.2, 0) is 11.3 Å². The fourth-order valence-corrected chi connectivity index (χ4v) is 2.50. The molecule has 0 saturated heterocycles. The number of amides is 1. The fraction of sp³-hybridized carbons (Fsp3) is 0.412. The second-order valence-electron chi connectivity index (χ2n) is 6.37. The summed E-state index contributed by atoms with van der Waals surface area (Å²) < 4.78 is 10.5. The third-order valence-electron chi connectivity index (χ3n) is 4.21. The van der Waals surface area contributed by atoms with E-state index in [0.29, 0.717) is 12.3 Å². The molecule has 1 N–H and O–H groups in total. The van der Waals surface area contributed by atoms with Crippen LogP contribution in [0, 0.1) is 11.3 Å². The second-order valence-corrected chi connectivity index (χ2v) is 6.37. The van der Waals surface area contributed by atoms with E-state index in [9.17, 15) is 4.79 Å². The smallest absolute Gasteiger partial charge is 0.223 e. The molecule has 1 aliphatic carbocycles. The van der Waals surface area contributed by atoms with Gasteiger partial charge < -0.3 is 14.6 Å². The number of rotatable bonds is 5. The monoisotopic (exact) mass is 300 g/mol. The molecule has 1 atom stereocenters. The van der Waals surface area contributed by atoms with Crippen LogP contribution in [0.2, 0.25) is 0 Å². The number of methoxy groups -OCH3 is 1. The number of hydrogen-bond donors (Lipinski definition) is 1. The largest absolute Gasteiger partial charge is 0.497 e. The highest BCUT2D eigenvalue weighted by Crippen LogP contribution is 2.51. The number of hydrogen-bond acceptors (Lipinski definition) is 4. The van der Waals surface area contributed by atoms with Gasteiger partial charge in [0.05, 0.1) is 13.7 Å². The van der Waals surface area contributed by atoms with E-state index in [4.69, 9.17) is 9.26 Å². The van der Waals surface area contributed by atoms with Crippen LogP contribution >= 0.6 is 0 Å². The predicted molar refractivity (Wildman–Crippen MR) is 82.2 cm³/mol. The minimum Gasteiger partial charge on any atom is -0.497 e. The molecule has 3 rings (SSSR count). The summed E-state index contributed by atoms with van der Waals surface area (Å²) in [6.07, 6.45) is 0.953. The van der Waals surface area contributed by atoms with Crippen LogP contribution in [0.25, 0.3) is 11.3 Å². The summed E-state index contributed by atoms with van der Waals surface area (Å²) in [4.78, 5) is 12.0. The molecule has 1 fully saturated rings. The van der Waals surface area contributed by atoms with Gasteiger partial charge >= 0.3 is 0 Å². The highest BCUT2D eigenvalue weighted by molar-refractivity contribution is 5.82. The van der Waals surface area contributed by atoms with Crippen molar-refractivity contribution in [2.75, 3.05) is 7.11 Å². The van der Waals surface area contributed by atoms with Gasteiger partial charge in [0.15, 0.2) is 5.76 Å². The van der Waals surface area contributed by atoms with Crippen LogP contribution < -0.4 is 10.1 Å². The Morgan fingerprint density at radius 3 is 2.68 bits per heavy atom. The third kappa shape index (κ3) is 2.98. The molecule has 0 aliphatic heterocycles. The molecule has 5 nitrogen and oxygen atoms in total. The lowest BCUT2D eigenvalue weighted by Gasteiger charge is -2.04. The number of benzene rings is 1. The van der Waals surface area contributed by atoms with E-state index >= 15 is 0 Å². The van der Waals surface area contributed by atoms with E-state index in [1.807, 2.05) is 30.3 Å². The zero-order valence-electron chi connectivity index (χ0n) is 13.1. The first kappa shape index (κ1) is 14.6. The quantitative estimate of drug-likeness (QED) is 0.922. The van der Waals surface area contributed by atoms with E-state index in [1.165, 1.54) is 0 Å². The third-order valence-corrected chi connectivity index (χ3v) is 4.21. The maximum atomic E-state index is 12.0. The zero-order chi connectivity index (χ0) is 15.7. The number of nitrogens with one attached hydrogen (secondary N) is 1. The first-order valence-electron chi connectivity index (χ1n) is 7.37. The van der Waals surface area contributed by atoms with E-state index in [1.54, 1.807) is 7.11 Å². The zero-order valence-corrected chi connectivity index (χ0v) is 13.1. The molecule has 0 radical (unpaired) electrons. The van der Waals surface area contributed by atoms with Gasteiger partial charge in [0, 0.05) is 17.5 Å². The topological polar surface area (TPSA) is 64.4 Å². The van der Waals surface area contributed by atoms with Crippen molar-refractivity contribution in [3.05, 3.63) is 36.0 Å². The van der Waals surface area contributed by atoms with Crippen molar-refractivity contribution in [2.24, 2.45) is 11.3 Å². The summed E-state index contributed by atoms with van der Waals surface area (Å²) in [6, 6.07) is 9.41. The van der Waals surface area contributed by atoms with Crippen molar-refractivity contribution in [1.82, 2.24) is 10.5 Å². The number of nitrogens with zero attached hydrogens (tertiary/aromatic N) is 1. The highest BCUT2D eigenvalue weighted by Gasteiger charge is 2.50. The number of ether oxygens (including phenoxy) is 1. The Hall–Kier alpha value is -2.30. The average Bonchev–Trinajstić information content (AvgIpc) is 2.95. The van der Waals surface area contributed by atoms with Crippen LogP contribution in [0.1, 0.15) is 26.0 Å². The molecule has 1 aromatic heterocycles. The normalized spacial score (nSPS) is 18.8. The summed E-state index contributed by atoms with van der Waals surface area (Å²) in [5, 5.41) is 6.92. The summed E-state index contributed by atoms with van der Waals surface area (Å²) in [6.45, 7) is 4.61. The summed E-state index contributed by atoms with van der Waals surface area (Å²) in [7, 11) is 1.63. The van der Waals surface area contributed by atoms with Crippen molar-refractivity contribution in [2.45, 2.75) is 26.8 Å². The SMILES string of the molecule is COc1ccc(-c2cc(CNC(=O)C3CC3(C)C)no2)cc1. The number of carbonyl (C=O) groups is 1. The maximum absolute atomic E-state index is 12.0. The lowest BCUT2D eigenvalue weighted by atomic mass is 10.1. The minimum absolute atomic E-state index is 0.0963. The molecule has 1 aliphatic rings. The van der Waals surface area contributed by atoms with E-state index < -0.39 is 0 Å². The first-order chi connectivity index (χ1) is 10.5. The Bertz CT molecular complexity index is 673. The molecule has 1 aromatic carbocycles. The van der Waals surface area contributed by atoms with Crippen LogP contribution in [0.3, 0.4) is 0 Å². The summed E-state index contributed by atoms with van der Waals surface area (Å²) >= 11 is 0. The molecule has 1 saturated carbocycles. The Labute approximate surface area is 129 Å². The van der Waals surface area contributed by atoms with Gasteiger partial charge in [-0.25, -0.2) is 0 Å². The predicted octanol–water partition coefficient (Wildman–Crippen LogP) is 3.01. The molecular weight excluding hydrogens is 280 g/mol. The minimum atomic E-state index is 0.0963. The van der Waals surface area contributed by atoms with Gasteiger partial charge in [-0.05, 0) is 36.1 Å². The number of carbonyl (C=O) groups excluding carboxylic acids is 1. The fourth-order valence-electron chi connectivity index (χ4n) is 2.50. The Morgan fingerprint density at radius 1 is 1.41 bits per heavy atom. The van der Waals surface area contributed by atoms with Gasteiger partial charge in [-0.15, -0.1) is 0 Å². The second kappa shape index (κ2) is 5.48. The molecule has 116 valence electrons. The standard InChI is InChI=1S/C17H20N2O3/c1-17(2)9-14(17)16(20)18-10-12-8-15(22-19-12)11-4-6-13(21-3)7-5-11/h4-8,14H,9-10H2,1-3H3,(H,18,20). The molecule has 22 heavy (non-hydrogen) atoms. The van der Waals surface area contributed by atoms with Crippen molar-refractivity contribution in [1.29, 1.82) is 0 Å². The van der Waals surface area contributed by atoms with Crippen LogP contribution in [-0.4, -0.2) is 18.2 Å². The van der Waals surface area contributed by atoms with Gasteiger partial charge in [0.25, 0.3) is 0 Å². The molecule has 2 aromatic rings. The van der Waals surface area contributed by atoms with E-state index in [2.05, 4.69) is 24.3 Å². The van der Waals surface area contributed by atoms with Gasteiger partial charge in [-0.3, -0.25) is 4.79 Å². The summed E-state index contributed by atoms with van der Waals surface area (Å²) in [5.74, 6) is 1.70. The lowest BCUT2D eigenvalue weighted by molar-refractivity contribution is -0.123. The number of aromatic nitrogens is 1. The molecule has 1 unspecified atom stereocenters. The summed E-state index contributed by atoms with van der Waals surface area (Å²) in [5.41, 5.74) is 1.79. The Morgan fingerprint density at radius 2 is 2.09 bits per heavy atom. The Kier molecular flexibility index (Phi) is 3.64.